The maximum absolute atomic E-state index is 11.5. The number of benzene rings is 1. The van der Waals surface area contributed by atoms with Crippen LogP contribution in [0.25, 0.3) is 0 Å². The third kappa shape index (κ3) is 5.48. The summed E-state index contributed by atoms with van der Waals surface area (Å²) in [7, 11) is 0. The molecule has 26 heavy (non-hydrogen) atoms. The SMILES string of the molecule is CC(=O)N[C@@H]1[C@H](OCc2ccccc2)O[C@H](CO)[C@@H](O)[C@H]1OCC(=O)O. The van der Waals surface area contributed by atoms with Gasteiger partial charge in [-0.15, -0.1) is 0 Å². The molecule has 1 saturated heterocycles. The fraction of sp³-hybridized carbons (Fsp3) is 0.529. The third-order valence-electron chi connectivity index (χ3n) is 3.88. The summed E-state index contributed by atoms with van der Waals surface area (Å²) in [6.45, 7) is 0.224. The van der Waals surface area contributed by atoms with E-state index in [1.165, 1.54) is 6.92 Å². The van der Waals surface area contributed by atoms with E-state index in [0.717, 1.165) is 5.56 Å². The van der Waals surface area contributed by atoms with Crippen molar-refractivity contribution in [3.8, 4) is 0 Å². The molecule has 5 atom stereocenters. The summed E-state index contributed by atoms with van der Waals surface area (Å²) in [5.41, 5.74) is 0.854. The van der Waals surface area contributed by atoms with E-state index in [0.29, 0.717) is 0 Å². The molecule has 0 saturated carbocycles. The molecule has 9 nitrogen and oxygen atoms in total. The van der Waals surface area contributed by atoms with Gasteiger partial charge in [-0.2, -0.15) is 0 Å². The molecule has 144 valence electrons. The van der Waals surface area contributed by atoms with Gasteiger partial charge < -0.3 is 34.8 Å². The Morgan fingerprint density at radius 2 is 1.92 bits per heavy atom. The van der Waals surface area contributed by atoms with E-state index in [1.807, 2.05) is 30.3 Å². The first-order chi connectivity index (χ1) is 12.4. The summed E-state index contributed by atoms with van der Waals surface area (Å²) in [5.74, 6) is -1.65. The smallest absolute Gasteiger partial charge is 0.329 e. The van der Waals surface area contributed by atoms with Gasteiger partial charge in [0.25, 0.3) is 0 Å². The van der Waals surface area contributed by atoms with Gasteiger partial charge in [-0.25, -0.2) is 4.79 Å². The van der Waals surface area contributed by atoms with Crippen molar-refractivity contribution >= 4 is 11.9 Å². The van der Waals surface area contributed by atoms with Crippen molar-refractivity contribution in [2.45, 2.75) is 44.2 Å². The molecule has 0 spiro atoms. The topological polar surface area (TPSA) is 135 Å². The number of rotatable bonds is 8. The normalized spacial score (nSPS) is 28.5. The number of nitrogens with one attached hydrogen (secondary N) is 1. The van der Waals surface area contributed by atoms with Crippen LogP contribution < -0.4 is 5.32 Å². The minimum absolute atomic E-state index is 0.154. The predicted molar refractivity (Wildman–Crippen MR) is 88.0 cm³/mol. The Hall–Kier alpha value is -2.04. The lowest BCUT2D eigenvalue weighted by Crippen LogP contribution is -2.65. The zero-order valence-corrected chi connectivity index (χ0v) is 14.3. The molecule has 2 rings (SSSR count). The van der Waals surface area contributed by atoms with Crippen LogP contribution in [0.1, 0.15) is 12.5 Å². The zero-order chi connectivity index (χ0) is 19.1. The molecule has 1 aromatic rings. The predicted octanol–water partition coefficient (Wildman–Crippen LogP) is -0.744. The number of hydrogen-bond donors (Lipinski definition) is 4. The van der Waals surface area contributed by atoms with Gasteiger partial charge in [0.2, 0.25) is 5.91 Å². The first-order valence-electron chi connectivity index (χ1n) is 8.12. The van der Waals surface area contributed by atoms with Crippen LogP contribution in [0.15, 0.2) is 30.3 Å². The van der Waals surface area contributed by atoms with E-state index < -0.39 is 55.7 Å². The molecule has 1 aromatic carbocycles. The van der Waals surface area contributed by atoms with Crippen LogP contribution in [0, 0.1) is 0 Å². The highest BCUT2D eigenvalue weighted by atomic mass is 16.7. The van der Waals surface area contributed by atoms with E-state index in [4.69, 9.17) is 19.3 Å². The minimum atomic E-state index is -1.34. The highest BCUT2D eigenvalue weighted by Gasteiger charge is 2.47. The lowest BCUT2D eigenvalue weighted by Gasteiger charge is -2.43. The average molecular weight is 369 g/mol. The summed E-state index contributed by atoms with van der Waals surface area (Å²) < 4.78 is 16.5. The quantitative estimate of drug-likeness (QED) is 0.470. The van der Waals surface area contributed by atoms with E-state index >= 15 is 0 Å². The highest BCUT2D eigenvalue weighted by molar-refractivity contribution is 5.73. The molecule has 0 unspecified atom stereocenters. The van der Waals surface area contributed by atoms with Crippen molar-refractivity contribution in [2.24, 2.45) is 0 Å². The molecular formula is C17H23NO8. The van der Waals surface area contributed by atoms with E-state index in [1.54, 1.807) is 0 Å². The Morgan fingerprint density at radius 3 is 2.50 bits per heavy atom. The molecule has 0 radical (unpaired) electrons. The van der Waals surface area contributed by atoms with Crippen molar-refractivity contribution in [2.75, 3.05) is 13.2 Å². The summed E-state index contributed by atoms with van der Waals surface area (Å²) in [6, 6.07) is 8.26. The van der Waals surface area contributed by atoms with Gasteiger partial charge >= 0.3 is 5.97 Å². The first-order valence-corrected chi connectivity index (χ1v) is 8.12. The summed E-state index contributed by atoms with van der Waals surface area (Å²) in [4.78, 5) is 22.4. The van der Waals surface area contributed by atoms with Gasteiger partial charge in [0.05, 0.1) is 13.2 Å². The number of aliphatic carboxylic acids is 1. The lowest BCUT2D eigenvalue weighted by molar-refractivity contribution is -0.279. The molecule has 0 aromatic heterocycles. The number of ether oxygens (including phenoxy) is 3. The molecule has 0 bridgehead atoms. The molecule has 1 fully saturated rings. The van der Waals surface area contributed by atoms with Gasteiger partial charge in [0, 0.05) is 6.92 Å². The molecule has 0 aliphatic carbocycles. The van der Waals surface area contributed by atoms with Crippen LogP contribution in [0.2, 0.25) is 0 Å². The highest BCUT2D eigenvalue weighted by Crippen LogP contribution is 2.25. The number of carboxylic acid groups (broad SMARTS) is 1. The molecule has 1 amide bonds. The molecular weight excluding hydrogens is 346 g/mol. The van der Waals surface area contributed by atoms with Gasteiger partial charge in [-0.3, -0.25) is 4.79 Å². The Kier molecular flexibility index (Phi) is 7.49. The summed E-state index contributed by atoms with van der Waals surface area (Å²) in [6.07, 6.45) is -4.55. The van der Waals surface area contributed by atoms with Crippen LogP contribution in [-0.4, -0.2) is 71.1 Å². The fourth-order valence-electron chi connectivity index (χ4n) is 2.72. The molecule has 1 aliphatic heterocycles. The maximum Gasteiger partial charge on any atom is 0.329 e. The molecule has 1 heterocycles. The van der Waals surface area contributed by atoms with Crippen LogP contribution in [-0.2, 0) is 30.4 Å². The second kappa shape index (κ2) is 9.60. The molecule has 1 aliphatic rings. The van der Waals surface area contributed by atoms with Crippen molar-refractivity contribution in [1.82, 2.24) is 5.32 Å². The fourth-order valence-corrected chi connectivity index (χ4v) is 2.72. The van der Waals surface area contributed by atoms with E-state index in [9.17, 15) is 19.8 Å². The second-order valence-electron chi connectivity index (χ2n) is 5.91. The number of carbonyl (C=O) groups is 2. The van der Waals surface area contributed by atoms with Crippen LogP contribution in [0.5, 0.6) is 0 Å². The summed E-state index contributed by atoms with van der Waals surface area (Å²) in [5, 5.41) is 31.1. The zero-order valence-electron chi connectivity index (χ0n) is 14.3. The van der Waals surface area contributed by atoms with Crippen LogP contribution in [0.4, 0.5) is 0 Å². The van der Waals surface area contributed by atoms with Gasteiger partial charge in [0.15, 0.2) is 6.29 Å². The second-order valence-corrected chi connectivity index (χ2v) is 5.91. The van der Waals surface area contributed by atoms with Gasteiger partial charge in [-0.1, -0.05) is 30.3 Å². The number of carbonyl (C=O) groups excluding carboxylic acids is 1. The third-order valence-corrected chi connectivity index (χ3v) is 3.88. The largest absolute Gasteiger partial charge is 0.480 e. The maximum atomic E-state index is 11.5. The van der Waals surface area contributed by atoms with Crippen molar-refractivity contribution in [1.29, 1.82) is 0 Å². The van der Waals surface area contributed by atoms with Crippen molar-refractivity contribution in [3.05, 3.63) is 35.9 Å². The number of aliphatic hydroxyl groups is 2. The standard InChI is InChI=1S/C17H23NO8/c1-10(20)18-14-16(24-9-13(21)22)15(23)12(7-19)26-17(14)25-8-11-5-3-2-4-6-11/h2-6,12,14-17,19,23H,7-9H2,1H3,(H,18,20)(H,21,22)/t12-,14+,15-,16+,17-/m1/s1. The van der Waals surface area contributed by atoms with Gasteiger partial charge in [-0.05, 0) is 5.56 Å². The van der Waals surface area contributed by atoms with E-state index in [2.05, 4.69) is 5.32 Å². The lowest BCUT2D eigenvalue weighted by atomic mass is 9.96. The van der Waals surface area contributed by atoms with Crippen LogP contribution in [0.3, 0.4) is 0 Å². The monoisotopic (exact) mass is 369 g/mol. The van der Waals surface area contributed by atoms with Crippen LogP contribution >= 0.6 is 0 Å². The van der Waals surface area contributed by atoms with E-state index in [-0.39, 0.29) is 6.61 Å². The first kappa shape index (κ1) is 20.3. The molecule has 9 heteroatoms. The summed E-state index contributed by atoms with van der Waals surface area (Å²) >= 11 is 0. The van der Waals surface area contributed by atoms with Gasteiger partial charge in [0.1, 0.15) is 31.0 Å². The average Bonchev–Trinajstić information content (AvgIpc) is 2.61. The van der Waals surface area contributed by atoms with Crippen molar-refractivity contribution in [3.63, 3.8) is 0 Å². The Morgan fingerprint density at radius 1 is 1.23 bits per heavy atom. The number of hydrogen-bond acceptors (Lipinski definition) is 7. The number of aliphatic hydroxyl groups excluding tert-OH is 2. The minimum Gasteiger partial charge on any atom is -0.480 e. The molecule has 4 N–H and O–H groups in total. The Balaban J connectivity index is 2.17. The van der Waals surface area contributed by atoms with Crippen molar-refractivity contribution < 1.29 is 39.1 Å². The Labute approximate surface area is 150 Å². The number of carboxylic acids is 1. The number of amides is 1. The Bertz CT molecular complexity index is 596.